The van der Waals surface area contributed by atoms with Crippen molar-refractivity contribution in [3.05, 3.63) is 60.0 Å². The molecule has 1 fully saturated rings. The van der Waals surface area contributed by atoms with E-state index in [1.165, 1.54) is 14.2 Å². The van der Waals surface area contributed by atoms with E-state index in [2.05, 4.69) is 0 Å². The third-order valence-corrected chi connectivity index (χ3v) is 6.26. The minimum atomic E-state index is -1.44. The van der Waals surface area contributed by atoms with Crippen LogP contribution in [0.25, 0.3) is 10.8 Å². The molecule has 0 saturated heterocycles. The highest BCUT2D eigenvalue weighted by atomic mass is 32.2. The molecule has 1 unspecified atom stereocenters. The molecule has 7 heteroatoms. The Hall–Kier alpha value is -2.93. The van der Waals surface area contributed by atoms with Crippen LogP contribution in [0.15, 0.2) is 64.9 Å². The van der Waals surface area contributed by atoms with Gasteiger partial charge in [0.1, 0.15) is 5.75 Å². The van der Waals surface area contributed by atoms with Crippen molar-refractivity contribution < 1.29 is 28.0 Å². The molecule has 0 N–H and O–H groups in total. The molecule has 2 aromatic rings. The number of hydrogen-bond acceptors (Lipinski definition) is 6. The van der Waals surface area contributed by atoms with Crippen LogP contribution in [-0.2, 0) is 29.9 Å². The predicted molar refractivity (Wildman–Crippen MR) is 110 cm³/mol. The van der Waals surface area contributed by atoms with E-state index in [-0.39, 0.29) is 5.92 Å². The second-order valence-electron chi connectivity index (χ2n) is 6.59. The summed E-state index contributed by atoms with van der Waals surface area (Å²) in [6.07, 6.45) is 5.36. The van der Waals surface area contributed by atoms with E-state index < -0.39 is 28.2 Å². The van der Waals surface area contributed by atoms with E-state index in [1.807, 2.05) is 30.3 Å². The number of hydrogen-bond donors (Lipinski definition) is 0. The number of carbonyl (C=O) groups is 2. The molecule has 0 spiro atoms. The van der Waals surface area contributed by atoms with E-state index in [1.54, 1.807) is 36.8 Å². The quantitative estimate of drug-likeness (QED) is 0.393. The SMILES string of the molecule is COC(=O)C1(C(=O)OC)CC1C=CC=C[S@@](=O)c1c(OC)ccc2ccccc12. The Morgan fingerprint density at radius 3 is 2.38 bits per heavy atom. The fraction of sp³-hybridized carbons (Fsp3) is 0.273. The topological polar surface area (TPSA) is 78.9 Å². The van der Waals surface area contributed by atoms with Crippen LogP contribution in [0, 0.1) is 11.3 Å². The van der Waals surface area contributed by atoms with Gasteiger partial charge in [0.25, 0.3) is 0 Å². The first-order valence-corrected chi connectivity index (χ1v) is 10.2. The summed E-state index contributed by atoms with van der Waals surface area (Å²) in [6, 6.07) is 11.4. The number of benzene rings is 2. The van der Waals surface area contributed by atoms with Crippen LogP contribution in [0.4, 0.5) is 0 Å². The van der Waals surface area contributed by atoms with Crippen molar-refractivity contribution in [3.63, 3.8) is 0 Å². The molecule has 29 heavy (non-hydrogen) atoms. The standard InChI is InChI=1S/C22H22O6S/c1-26-18-12-11-15-8-4-5-10-17(15)19(18)29(25)13-7-6-9-16-14-22(16,20(23)27-2)21(24)28-3/h4-13,16H,14H2,1-3H3/t16?,29-/m1/s1. The highest BCUT2D eigenvalue weighted by Gasteiger charge is 2.66. The lowest BCUT2D eigenvalue weighted by Gasteiger charge is -2.10. The Morgan fingerprint density at radius 1 is 1.03 bits per heavy atom. The largest absolute Gasteiger partial charge is 0.495 e. The average molecular weight is 414 g/mol. The summed E-state index contributed by atoms with van der Waals surface area (Å²) >= 11 is 0. The van der Waals surface area contributed by atoms with E-state index in [0.717, 1.165) is 10.8 Å². The van der Waals surface area contributed by atoms with Crippen molar-refractivity contribution in [1.82, 2.24) is 0 Å². The molecule has 0 bridgehead atoms. The van der Waals surface area contributed by atoms with E-state index in [9.17, 15) is 13.8 Å². The third-order valence-electron chi connectivity index (χ3n) is 5.04. The van der Waals surface area contributed by atoms with Crippen LogP contribution in [0.5, 0.6) is 5.75 Å². The Balaban J connectivity index is 1.78. The van der Waals surface area contributed by atoms with Gasteiger partial charge in [-0.2, -0.15) is 0 Å². The lowest BCUT2D eigenvalue weighted by atomic mass is 10.0. The molecular formula is C22H22O6S. The van der Waals surface area contributed by atoms with E-state index in [0.29, 0.717) is 17.1 Å². The molecule has 0 amide bonds. The summed E-state index contributed by atoms with van der Waals surface area (Å²) < 4.78 is 27.8. The zero-order chi connectivity index (χ0) is 21.0. The zero-order valence-electron chi connectivity index (χ0n) is 16.4. The Bertz CT molecular complexity index is 1010. The first-order valence-electron chi connectivity index (χ1n) is 8.97. The maximum atomic E-state index is 12.9. The summed E-state index contributed by atoms with van der Waals surface area (Å²) in [7, 11) is 2.58. The fourth-order valence-electron chi connectivity index (χ4n) is 3.41. The molecule has 152 valence electrons. The minimum Gasteiger partial charge on any atom is -0.495 e. The van der Waals surface area contributed by atoms with Crippen molar-refractivity contribution in [1.29, 1.82) is 0 Å². The van der Waals surface area contributed by atoms with Crippen molar-refractivity contribution >= 4 is 33.5 Å². The van der Waals surface area contributed by atoms with Gasteiger partial charge in [-0.1, -0.05) is 48.6 Å². The maximum Gasteiger partial charge on any atom is 0.323 e. The first-order chi connectivity index (χ1) is 14.0. The number of esters is 2. The number of methoxy groups -OCH3 is 3. The van der Waals surface area contributed by atoms with Crippen LogP contribution in [0.2, 0.25) is 0 Å². The number of allylic oxidation sites excluding steroid dienone is 3. The van der Waals surface area contributed by atoms with Gasteiger partial charge in [0.2, 0.25) is 0 Å². The van der Waals surface area contributed by atoms with E-state index in [4.69, 9.17) is 14.2 Å². The van der Waals surface area contributed by atoms with Gasteiger partial charge in [-0.15, -0.1) is 0 Å². The lowest BCUT2D eigenvalue weighted by molar-refractivity contribution is -0.161. The molecule has 0 aliphatic heterocycles. The lowest BCUT2D eigenvalue weighted by Crippen LogP contribution is -2.30. The zero-order valence-corrected chi connectivity index (χ0v) is 17.2. The molecule has 0 radical (unpaired) electrons. The van der Waals surface area contributed by atoms with Crippen LogP contribution in [-0.4, -0.2) is 37.5 Å². The van der Waals surface area contributed by atoms with Crippen molar-refractivity contribution in [3.8, 4) is 5.75 Å². The van der Waals surface area contributed by atoms with Crippen molar-refractivity contribution in [2.45, 2.75) is 11.3 Å². The van der Waals surface area contributed by atoms with Crippen molar-refractivity contribution in [2.75, 3.05) is 21.3 Å². The number of carbonyl (C=O) groups excluding carboxylic acids is 2. The molecule has 2 atom stereocenters. The molecule has 2 aromatic carbocycles. The fourth-order valence-corrected chi connectivity index (χ4v) is 4.53. The minimum absolute atomic E-state index is 0.312. The van der Waals surface area contributed by atoms with Crippen LogP contribution in [0.1, 0.15) is 6.42 Å². The molecule has 0 aromatic heterocycles. The second-order valence-corrected chi connectivity index (χ2v) is 7.87. The molecule has 1 saturated carbocycles. The molecule has 1 aliphatic carbocycles. The number of rotatable bonds is 7. The summed E-state index contributed by atoms with van der Waals surface area (Å²) in [5, 5.41) is 3.37. The van der Waals surface area contributed by atoms with Gasteiger partial charge in [-0.25, -0.2) is 4.21 Å². The predicted octanol–water partition coefficient (Wildman–Crippen LogP) is 3.38. The summed E-state index contributed by atoms with van der Waals surface area (Å²) in [5.74, 6) is -0.972. The molecule has 0 heterocycles. The second kappa shape index (κ2) is 8.61. The van der Waals surface area contributed by atoms with Gasteiger partial charge in [0, 0.05) is 16.7 Å². The van der Waals surface area contributed by atoms with Crippen LogP contribution >= 0.6 is 0 Å². The average Bonchev–Trinajstić information content (AvgIpc) is 3.49. The van der Waals surface area contributed by atoms with Crippen LogP contribution < -0.4 is 4.74 Å². The van der Waals surface area contributed by atoms with Gasteiger partial charge >= 0.3 is 11.9 Å². The normalized spacial score (nSPS) is 18.7. The highest BCUT2D eigenvalue weighted by Crippen LogP contribution is 2.55. The monoisotopic (exact) mass is 414 g/mol. The Kier molecular flexibility index (Phi) is 6.17. The number of fused-ring (bicyclic) bond motifs is 1. The summed E-state index contributed by atoms with van der Waals surface area (Å²) in [6.45, 7) is 0. The first kappa shape index (κ1) is 20.8. The molecule has 3 rings (SSSR count). The molecular weight excluding hydrogens is 392 g/mol. The highest BCUT2D eigenvalue weighted by molar-refractivity contribution is 7.88. The Morgan fingerprint density at radius 2 is 1.72 bits per heavy atom. The molecule has 6 nitrogen and oxygen atoms in total. The third kappa shape index (κ3) is 3.82. The van der Waals surface area contributed by atoms with E-state index >= 15 is 0 Å². The van der Waals surface area contributed by atoms with Crippen LogP contribution in [0.3, 0.4) is 0 Å². The van der Waals surface area contributed by atoms with Gasteiger partial charge in [-0.05, 0) is 17.9 Å². The smallest absolute Gasteiger partial charge is 0.323 e. The van der Waals surface area contributed by atoms with Gasteiger partial charge < -0.3 is 14.2 Å². The van der Waals surface area contributed by atoms with Gasteiger partial charge in [-0.3, -0.25) is 9.59 Å². The van der Waals surface area contributed by atoms with Gasteiger partial charge in [0.05, 0.1) is 37.0 Å². The van der Waals surface area contributed by atoms with Crippen molar-refractivity contribution in [2.24, 2.45) is 11.3 Å². The molecule has 1 aliphatic rings. The summed E-state index contributed by atoms with van der Waals surface area (Å²) in [4.78, 5) is 24.6. The Labute approximate surface area is 171 Å². The number of ether oxygens (including phenoxy) is 3. The van der Waals surface area contributed by atoms with Gasteiger partial charge in [0.15, 0.2) is 5.41 Å². The maximum absolute atomic E-state index is 12.9. The summed E-state index contributed by atoms with van der Waals surface area (Å²) in [5.41, 5.74) is -1.27.